The molecule has 33 heavy (non-hydrogen) atoms. The summed E-state index contributed by atoms with van der Waals surface area (Å²) in [7, 11) is 0. The van der Waals surface area contributed by atoms with Gasteiger partial charge in [0, 0.05) is 6.42 Å². The molecule has 11 heteroatoms. The highest BCUT2D eigenvalue weighted by Gasteiger charge is 2.31. The second-order valence-electron chi connectivity index (χ2n) is 7.44. The number of ether oxygens (including phenoxy) is 2. The minimum atomic E-state index is -4.79. The maximum Gasteiger partial charge on any atom is 0.573 e. The maximum atomic E-state index is 12.2. The third kappa shape index (κ3) is 7.85. The van der Waals surface area contributed by atoms with E-state index in [2.05, 4.69) is 21.1 Å². The Bertz CT molecular complexity index is 1000. The van der Waals surface area contributed by atoms with E-state index in [1.54, 1.807) is 0 Å². The number of aryl methyl sites for hydroxylation is 1. The van der Waals surface area contributed by atoms with Crippen LogP contribution in [0.2, 0.25) is 0 Å². The second kappa shape index (κ2) is 10.9. The summed E-state index contributed by atoms with van der Waals surface area (Å²) in [5, 5.41) is 2.54. The quantitative estimate of drug-likeness (QED) is 0.514. The van der Waals surface area contributed by atoms with E-state index in [1.165, 1.54) is 24.1 Å². The Morgan fingerprint density at radius 1 is 1.12 bits per heavy atom. The number of nitrogens with one attached hydrogen (secondary N) is 1. The van der Waals surface area contributed by atoms with Crippen molar-refractivity contribution in [1.82, 2.24) is 10.3 Å². The van der Waals surface area contributed by atoms with Gasteiger partial charge in [-0.1, -0.05) is 11.6 Å². The van der Waals surface area contributed by atoms with Crippen LogP contribution < -0.4 is 20.5 Å². The lowest BCUT2D eigenvalue weighted by Gasteiger charge is -2.11. The van der Waals surface area contributed by atoms with Crippen molar-refractivity contribution < 1.29 is 36.7 Å². The largest absolute Gasteiger partial charge is 0.573 e. The van der Waals surface area contributed by atoms with Gasteiger partial charge < -0.3 is 24.9 Å². The molecule has 0 bridgehead atoms. The van der Waals surface area contributed by atoms with Crippen molar-refractivity contribution in [3.8, 4) is 11.5 Å². The van der Waals surface area contributed by atoms with E-state index in [-0.39, 0.29) is 30.5 Å². The van der Waals surface area contributed by atoms with Crippen LogP contribution in [-0.4, -0.2) is 29.8 Å². The van der Waals surface area contributed by atoms with Crippen molar-refractivity contribution in [1.29, 1.82) is 0 Å². The molecule has 8 nitrogen and oxygen atoms in total. The first kappa shape index (κ1) is 24.1. The van der Waals surface area contributed by atoms with Gasteiger partial charge in [-0.15, -0.1) is 13.2 Å². The first-order chi connectivity index (χ1) is 15.7. The van der Waals surface area contributed by atoms with Crippen molar-refractivity contribution in [3.05, 3.63) is 53.3 Å². The molecule has 0 saturated heterocycles. The Morgan fingerprint density at radius 2 is 1.85 bits per heavy atom. The fourth-order valence-corrected chi connectivity index (χ4v) is 3.36. The minimum absolute atomic E-state index is 0.0491. The highest BCUT2D eigenvalue weighted by molar-refractivity contribution is 5.91. The van der Waals surface area contributed by atoms with E-state index in [0.29, 0.717) is 12.2 Å². The topological polar surface area (TPSA) is 117 Å². The molecule has 1 aromatic heterocycles. The van der Waals surface area contributed by atoms with E-state index >= 15 is 0 Å². The lowest BCUT2D eigenvalue weighted by molar-refractivity contribution is -0.274. The van der Waals surface area contributed by atoms with Crippen LogP contribution in [0.3, 0.4) is 0 Å². The molecule has 1 aliphatic rings. The maximum absolute atomic E-state index is 12.2. The number of alkyl halides is 3. The lowest BCUT2D eigenvalue weighted by Crippen LogP contribution is -2.28. The summed E-state index contributed by atoms with van der Waals surface area (Å²) in [5.41, 5.74) is 6.76. The number of primary amides is 1. The molecule has 1 heterocycles. The van der Waals surface area contributed by atoms with E-state index in [9.17, 15) is 22.8 Å². The molecule has 0 unspecified atom stereocenters. The molecule has 3 N–H and O–H groups in total. The summed E-state index contributed by atoms with van der Waals surface area (Å²) in [6.07, 6.45) is 3.08. The number of rotatable bonds is 10. The number of benzene rings is 1. The van der Waals surface area contributed by atoms with Crippen LogP contribution in [0.15, 0.2) is 40.3 Å². The second-order valence-corrected chi connectivity index (χ2v) is 7.44. The van der Waals surface area contributed by atoms with Gasteiger partial charge >= 0.3 is 6.36 Å². The molecule has 0 aliphatic heterocycles. The fraction of sp³-hybridized carbons (Fsp3) is 0.409. The smallest absolute Gasteiger partial charge is 0.484 e. The van der Waals surface area contributed by atoms with Gasteiger partial charge in [-0.3, -0.25) is 9.59 Å². The number of hydrogen-bond acceptors (Lipinski definition) is 6. The average molecular weight is 467 g/mol. The Kier molecular flexibility index (Phi) is 7.96. The van der Waals surface area contributed by atoms with Crippen LogP contribution in [0, 0.1) is 0 Å². The standard InChI is InChI=1S/C22H24F3N3O5/c23-22(24,25)33-16-9-7-15(8-10-16)31-13-18(29)27-12-19-28-20(21(26)30)17(32-19)11-6-14-4-2-1-3-5-14/h4,7-10H,1-3,5-6,11-13H2,(H2,26,30)(H,27,29). The van der Waals surface area contributed by atoms with Crippen LogP contribution >= 0.6 is 0 Å². The average Bonchev–Trinajstić information content (AvgIpc) is 3.19. The predicted octanol–water partition coefficient (Wildman–Crippen LogP) is 3.80. The van der Waals surface area contributed by atoms with Crippen molar-refractivity contribution >= 4 is 11.8 Å². The highest BCUT2D eigenvalue weighted by Crippen LogP contribution is 2.25. The van der Waals surface area contributed by atoms with Gasteiger partial charge in [-0.25, -0.2) is 4.98 Å². The number of allylic oxidation sites excluding steroid dienone is 2. The zero-order chi connectivity index (χ0) is 23.8. The summed E-state index contributed by atoms with van der Waals surface area (Å²) in [5.74, 6) is -0.909. The summed E-state index contributed by atoms with van der Waals surface area (Å²) in [6.45, 7) is -0.465. The molecule has 0 spiro atoms. The van der Waals surface area contributed by atoms with Crippen molar-refractivity contribution in [3.63, 3.8) is 0 Å². The van der Waals surface area contributed by atoms with Gasteiger partial charge in [0.1, 0.15) is 17.3 Å². The van der Waals surface area contributed by atoms with Gasteiger partial charge in [-0.2, -0.15) is 0 Å². The Hall–Kier alpha value is -3.50. The molecule has 178 valence electrons. The van der Waals surface area contributed by atoms with Gasteiger partial charge in [-0.05, 0) is 56.4 Å². The first-order valence-corrected chi connectivity index (χ1v) is 10.4. The van der Waals surface area contributed by atoms with Crippen LogP contribution in [0.1, 0.15) is 54.2 Å². The van der Waals surface area contributed by atoms with E-state index < -0.39 is 23.9 Å². The number of oxazole rings is 1. The number of carbonyl (C=O) groups is 2. The van der Waals surface area contributed by atoms with E-state index in [1.807, 2.05) is 0 Å². The predicted molar refractivity (Wildman–Crippen MR) is 110 cm³/mol. The molecule has 0 saturated carbocycles. The molecule has 0 fully saturated rings. The first-order valence-electron chi connectivity index (χ1n) is 10.4. The lowest BCUT2D eigenvalue weighted by atomic mass is 9.95. The molecule has 0 atom stereocenters. The molecule has 1 aromatic carbocycles. The summed E-state index contributed by atoms with van der Waals surface area (Å²) < 4.78 is 51.1. The summed E-state index contributed by atoms with van der Waals surface area (Å²) in [4.78, 5) is 27.8. The number of nitrogens with two attached hydrogens (primary N) is 1. The summed E-state index contributed by atoms with van der Waals surface area (Å²) >= 11 is 0. The zero-order valence-corrected chi connectivity index (χ0v) is 17.7. The third-order valence-electron chi connectivity index (χ3n) is 4.90. The number of hydrogen-bond donors (Lipinski definition) is 2. The van der Waals surface area contributed by atoms with Crippen LogP contribution in [0.5, 0.6) is 11.5 Å². The number of carbonyl (C=O) groups excluding carboxylic acids is 2. The van der Waals surface area contributed by atoms with Gasteiger partial charge in [0.15, 0.2) is 12.3 Å². The van der Waals surface area contributed by atoms with Crippen LogP contribution in [0.4, 0.5) is 13.2 Å². The monoisotopic (exact) mass is 467 g/mol. The normalized spacial score (nSPS) is 13.8. The molecule has 1 aliphatic carbocycles. The molecular weight excluding hydrogens is 443 g/mol. The molecule has 2 aromatic rings. The molecule has 3 rings (SSSR count). The highest BCUT2D eigenvalue weighted by atomic mass is 19.4. The number of amides is 2. The minimum Gasteiger partial charge on any atom is -0.484 e. The Labute approximate surface area is 187 Å². The van der Waals surface area contributed by atoms with Crippen LogP contribution in [0.25, 0.3) is 0 Å². The Morgan fingerprint density at radius 3 is 2.48 bits per heavy atom. The summed E-state index contributed by atoms with van der Waals surface area (Å²) in [6, 6.07) is 4.64. The fourth-order valence-electron chi connectivity index (χ4n) is 3.36. The van der Waals surface area contributed by atoms with E-state index in [4.69, 9.17) is 14.9 Å². The van der Waals surface area contributed by atoms with E-state index in [0.717, 1.165) is 37.8 Å². The van der Waals surface area contributed by atoms with Crippen molar-refractivity contribution in [2.24, 2.45) is 5.73 Å². The number of aromatic nitrogens is 1. The number of halogens is 3. The zero-order valence-electron chi connectivity index (χ0n) is 17.7. The van der Waals surface area contributed by atoms with Crippen molar-refractivity contribution in [2.75, 3.05) is 6.61 Å². The molecule has 2 amide bonds. The van der Waals surface area contributed by atoms with Crippen molar-refractivity contribution in [2.45, 2.75) is 51.4 Å². The molecule has 0 radical (unpaired) electrons. The van der Waals surface area contributed by atoms with Gasteiger partial charge in [0.05, 0.1) is 6.54 Å². The third-order valence-corrected chi connectivity index (χ3v) is 4.90. The van der Waals surface area contributed by atoms with Gasteiger partial charge in [0.25, 0.3) is 11.8 Å². The molecular formula is C22H24F3N3O5. The number of nitrogens with zero attached hydrogens (tertiary/aromatic N) is 1. The SMILES string of the molecule is NC(=O)c1nc(CNC(=O)COc2ccc(OC(F)(F)F)cc2)oc1CCC1=CCCCC1. The van der Waals surface area contributed by atoms with Gasteiger partial charge in [0.2, 0.25) is 5.89 Å². The Balaban J connectivity index is 1.48. The van der Waals surface area contributed by atoms with Crippen LogP contribution in [-0.2, 0) is 17.8 Å².